The van der Waals surface area contributed by atoms with E-state index in [1.807, 2.05) is 18.7 Å². The number of aryl methyl sites for hydroxylation is 2. The maximum Gasteiger partial charge on any atom is 0.278 e. The Kier molecular flexibility index (Phi) is 6.70. The molecule has 0 unspecified atom stereocenters. The summed E-state index contributed by atoms with van der Waals surface area (Å²) < 4.78 is 2.94. The van der Waals surface area contributed by atoms with Gasteiger partial charge in [-0.15, -0.1) is 0 Å². The molecule has 1 aromatic carbocycles. The van der Waals surface area contributed by atoms with Crippen molar-refractivity contribution in [2.45, 2.75) is 47.6 Å². The summed E-state index contributed by atoms with van der Waals surface area (Å²) in [5.74, 6) is -0.0438. The fourth-order valence-corrected chi connectivity index (χ4v) is 4.60. The zero-order chi connectivity index (χ0) is 21.1. The molecule has 0 fully saturated rings. The van der Waals surface area contributed by atoms with Gasteiger partial charge in [0.15, 0.2) is 5.13 Å². The molecule has 3 rings (SSSR count). The van der Waals surface area contributed by atoms with Crippen molar-refractivity contribution in [3.63, 3.8) is 0 Å². The van der Waals surface area contributed by atoms with Crippen LogP contribution in [0.5, 0.6) is 0 Å². The van der Waals surface area contributed by atoms with Crippen LogP contribution in [-0.4, -0.2) is 51.8 Å². The van der Waals surface area contributed by atoms with Crippen LogP contribution in [0.4, 0.5) is 5.13 Å². The SMILES string of the molecule is CCN(CC)CCN(C(=O)c1ccnn1C(C)C)c1nc2c(C)ccc(C)c2s1. The average Bonchev–Trinajstić information content (AvgIpc) is 3.36. The van der Waals surface area contributed by atoms with Gasteiger partial charge in [-0.05, 0) is 58.0 Å². The Labute approximate surface area is 177 Å². The summed E-state index contributed by atoms with van der Waals surface area (Å²) in [6.07, 6.45) is 1.70. The first-order chi connectivity index (χ1) is 13.9. The van der Waals surface area contributed by atoms with Crippen molar-refractivity contribution < 1.29 is 4.79 Å². The Morgan fingerprint density at radius 3 is 2.41 bits per heavy atom. The minimum atomic E-state index is -0.0438. The van der Waals surface area contributed by atoms with Crippen LogP contribution in [0.15, 0.2) is 24.4 Å². The molecule has 7 heteroatoms. The quantitative estimate of drug-likeness (QED) is 0.538. The molecule has 0 radical (unpaired) electrons. The lowest BCUT2D eigenvalue weighted by Gasteiger charge is -2.25. The third kappa shape index (κ3) is 4.36. The van der Waals surface area contributed by atoms with Gasteiger partial charge in [0, 0.05) is 25.3 Å². The number of aromatic nitrogens is 3. The molecule has 0 saturated heterocycles. The van der Waals surface area contributed by atoms with E-state index in [1.54, 1.807) is 28.3 Å². The van der Waals surface area contributed by atoms with Gasteiger partial charge in [0.2, 0.25) is 0 Å². The fourth-order valence-electron chi connectivity index (χ4n) is 3.46. The molecule has 0 atom stereocenters. The third-order valence-electron chi connectivity index (χ3n) is 5.32. The van der Waals surface area contributed by atoms with Gasteiger partial charge < -0.3 is 4.90 Å². The van der Waals surface area contributed by atoms with E-state index < -0.39 is 0 Å². The second-order valence-electron chi connectivity index (χ2n) is 7.61. The number of fused-ring (bicyclic) bond motifs is 1. The number of carbonyl (C=O) groups is 1. The summed E-state index contributed by atoms with van der Waals surface area (Å²) in [5.41, 5.74) is 3.92. The predicted molar refractivity (Wildman–Crippen MR) is 121 cm³/mol. The Hall–Kier alpha value is -2.25. The Morgan fingerprint density at radius 1 is 1.10 bits per heavy atom. The summed E-state index contributed by atoms with van der Waals surface area (Å²) in [5, 5.41) is 5.11. The number of rotatable bonds is 8. The second-order valence-corrected chi connectivity index (χ2v) is 8.59. The Morgan fingerprint density at radius 2 is 1.79 bits per heavy atom. The molecule has 2 heterocycles. The molecular weight excluding hydrogens is 382 g/mol. The highest BCUT2D eigenvalue weighted by Gasteiger charge is 2.25. The number of carbonyl (C=O) groups excluding carboxylic acids is 1. The third-order valence-corrected chi connectivity index (χ3v) is 6.53. The van der Waals surface area contributed by atoms with Crippen LogP contribution in [0.3, 0.4) is 0 Å². The Balaban J connectivity index is 2.03. The zero-order valence-electron chi connectivity index (χ0n) is 18.3. The standard InChI is InChI=1S/C22H31N5OS/c1-7-25(8-2)13-14-26(21(28)18-11-12-23-27(18)15(3)4)22-24-19-16(5)9-10-17(6)20(19)29-22/h9-12,15H,7-8,13-14H2,1-6H3. The smallest absolute Gasteiger partial charge is 0.278 e. The normalized spacial score (nSPS) is 11.7. The molecular formula is C22H31N5OS. The van der Waals surface area contributed by atoms with Gasteiger partial charge in [-0.3, -0.25) is 14.4 Å². The summed E-state index contributed by atoms with van der Waals surface area (Å²) in [4.78, 5) is 22.6. The van der Waals surface area contributed by atoms with Crippen LogP contribution in [0, 0.1) is 13.8 Å². The van der Waals surface area contributed by atoms with Crippen LogP contribution < -0.4 is 4.90 Å². The van der Waals surface area contributed by atoms with Gasteiger partial charge in [0.1, 0.15) is 5.69 Å². The van der Waals surface area contributed by atoms with Crippen molar-refractivity contribution in [3.05, 3.63) is 41.2 Å². The molecule has 29 heavy (non-hydrogen) atoms. The molecule has 0 N–H and O–H groups in total. The summed E-state index contributed by atoms with van der Waals surface area (Å²) in [7, 11) is 0. The van der Waals surface area contributed by atoms with Crippen LogP contribution in [0.1, 0.15) is 55.4 Å². The minimum absolute atomic E-state index is 0.0438. The lowest BCUT2D eigenvalue weighted by molar-refractivity contribution is 0.0971. The fraction of sp³-hybridized carbons (Fsp3) is 0.500. The number of nitrogens with zero attached hydrogens (tertiary/aromatic N) is 5. The first-order valence-corrected chi connectivity index (χ1v) is 11.1. The molecule has 156 valence electrons. The molecule has 0 spiro atoms. The minimum Gasteiger partial charge on any atom is -0.302 e. The van der Waals surface area contributed by atoms with Gasteiger partial charge >= 0.3 is 0 Å². The highest BCUT2D eigenvalue weighted by molar-refractivity contribution is 7.22. The first-order valence-electron chi connectivity index (χ1n) is 10.3. The highest BCUT2D eigenvalue weighted by Crippen LogP contribution is 2.33. The topological polar surface area (TPSA) is 54.3 Å². The van der Waals surface area contributed by atoms with Crippen molar-refractivity contribution in [1.29, 1.82) is 0 Å². The maximum absolute atomic E-state index is 13.6. The molecule has 2 aromatic heterocycles. The maximum atomic E-state index is 13.6. The lowest BCUT2D eigenvalue weighted by Crippen LogP contribution is -2.39. The van der Waals surface area contributed by atoms with Gasteiger partial charge in [0.25, 0.3) is 5.91 Å². The summed E-state index contributed by atoms with van der Waals surface area (Å²) in [6, 6.07) is 6.14. The molecule has 3 aromatic rings. The van der Waals surface area contributed by atoms with Crippen LogP contribution >= 0.6 is 11.3 Å². The van der Waals surface area contributed by atoms with E-state index in [0.717, 1.165) is 40.5 Å². The molecule has 0 aliphatic carbocycles. The monoisotopic (exact) mass is 413 g/mol. The lowest BCUT2D eigenvalue weighted by atomic mass is 10.1. The number of hydrogen-bond donors (Lipinski definition) is 0. The van der Waals surface area contributed by atoms with E-state index in [1.165, 1.54) is 5.56 Å². The van der Waals surface area contributed by atoms with E-state index in [9.17, 15) is 4.79 Å². The van der Waals surface area contributed by atoms with Crippen LogP contribution in [0.2, 0.25) is 0 Å². The summed E-state index contributed by atoms with van der Waals surface area (Å²) >= 11 is 1.60. The van der Waals surface area contributed by atoms with Gasteiger partial charge in [-0.25, -0.2) is 4.98 Å². The zero-order valence-corrected chi connectivity index (χ0v) is 19.1. The van der Waals surface area contributed by atoms with Crippen molar-refractivity contribution in [1.82, 2.24) is 19.7 Å². The number of likely N-dealkylation sites (N-methyl/N-ethyl adjacent to an activating group) is 1. The number of anilines is 1. The second kappa shape index (κ2) is 9.05. The van der Waals surface area contributed by atoms with E-state index in [2.05, 4.69) is 49.8 Å². The summed E-state index contributed by atoms with van der Waals surface area (Å²) in [6.45, 7) is 15.9. The number of hydrogen-bond acceptors (Lipinski definition) is 5. The average molecular weight is 414 g/mol. The van der Waals surface area contributed by atoms with Crippen molar-refractivity contribution >= 4 is 32.6 Å². The van der Waals surface area contributed by atoms with E-state index in [0.29, 0.717) is 12.2 Å². The van der Waals surface area contributed by atoms with E-state index in [4.69, 9.17) is 4.98 Å². The molecule has 0 saturated carbocycles. The van der Waals surface area contributed by atoms with Crippen LogP contribution in [0.25, 0.3) is 10.2 Å². The van der Waals surface area contributed by atoms with Crippen LogP contribution in [-0.2, 0) is 0 Å². The molecule has 1 amide bonds. The molecule has 6 nitrogen and oxygen atoms in total. The number of amides is 1. The molecule has 0 aliphatic heterocycles. The number of thiazole rings is 1. The van der Waals surface area contributed by atoms with E-state index in [-0.39, 0.29) is 11.9 Å². The van der Waals surface area contributed by atoms with Gasteiger partial charge in [0.05, 0.1) is 10.2 Å². The van der Waals surface area contributed by atoms with Crippen molar-refractivity contribution in [3.8, 4) is 0 Å². The molecule has 0 bridgehead atoms. The van der Waals surface area contributed by atoms with E-state index >= 15 is 0 Å². The van der Waals surface area contributed by atoms with Crippen molar-refractivity contribution in [2.75, 3.05) is 31.1 Å². The van der Waals surface area contributed by atoms with Gasteiger partial charge in [-0.2, -0.15) is 5.10 Å². The van der Waals surface area contributed by atoms with Gasteiger partial charge in [-0.1, -0.05) is 37.3 Å². The van der Waals surface area contributed by atoms with Crippen molar-refractivity contribution in [2.24, 2.45) is 0 Å². The first kappa shape index (κ1) is 21.5. The highest BCUT2D eigenvalue weighted by atomic mass is 32.1. The number of benzene rings is 1. The predicted octanol–water partition coefficient (Wildman–Crippen LogP) is 4.68. The largest absolute Gasteiger partial charge is 0.302 e. The molecule has 0 aliphatic rings. The Bertz CT molecular complexity index is 947.